The third-order valence-corrected chi connectivity index (χ3v) is 4.80. The van der Waals surface area contributed by atoms with E-state index in [0.717, 1.165) is 18.2 Å². The van der Waals surface area contributed by atoms with Gasteiger partial charge in [-0.15, -0.1) is 0 Å². The normalized spacial score (nSPS) is 19.0. The van der Waals surface area contributed by atoms with E-state index < -0.39 is 47.3 Å². The van der Waals surface area contributed by atoms with E-state index in [1.165, 1.54) is 25.1 Å². The Morgan fingerprint density at radius 1 is 1.18 bits per heavy atom. The fourth-order valence-corrected chi connectivity index (χ4v) is 3.44. The summed E-state index contributed by atoms with van der Waals surface area (Å²) in [5, 5.41) is 5.14. The molecule has 1 atom stereocenters. The van der Waals surface area contributed by atoms with Gasteiger partial charge in [0.25, 0.3) is 5.91 Å². The summed E-state index contributed by atoms with van der Waals surface area (Å²) in [6.45, 7) is 0.744. The maximum atomic E-state index is 13.7. The molecule has 146 valence electrons. The minimum Gasteiger partial charge on any atom is -0.322 e. The molecule has 0 aliphatic carbocycles. The van der Waals surface area contributed by atoms with Crippen molar-refractivity contribution in [3.63, 3.8) is 0 Å². The first-order valence-corrected chi connectivity index (χ1v) is 8.72. The molecule has 0 radical (unpaired) electrons. The number of benzene rings is 2. The van der Waals surface area contributed by atoms with Gasteiger partial charge in [0.15, 0.2) is 0 Å². The number of carbonyl (C=O) groups is 3. The first-order chi connectivity index (χ1) is 13.1. The van der Waals surface area contributed by atoms with E-state index >= 15 is 0 Å². The molecule has 1 saturated heterocycles. The highest BCUT2D eigenvalue weighted by molar-refractivity contribution is 6.35. The SMILES string of the molecule is C[C@]1(c2ccc(Cl)cc2Cl)NC(=O)N(CC(=O)Nc2cc(F)ccc2F)C1=O. The third kappa shape index (κ3) is 3.65. The standard InChI is InChI=1S/C18H13Cl2F2N3O3/c1-18(11-4-2-9(19)6-12(11)20)16(27)25(17(28)24-18)8-15(26)23-14-7-10(21)3-5-13(14)22/h2-7H,8H2,1H3,(H,23,26)(H,24,28)/t18-/m1/s1. The zero-order valence-corrected chi connectivity index (χ0v) is 15.9. The fourth-order valence-electron chi connectivity index (χ4n) is 2.84. The molecule has 1 fully saturated rings. The van der Waals surface area contributed by atoms with Crippen molar-refractivity contribution < 1.29 is 23.2 Å². The Morgan fingerprint density at radius 2 is 1.89 bits per heavy atom. The predicted molar refractivity (Wildman–Crippen MR) is 99.0 cm³/mol. The van der Waals surface area contributed by atoms with Crippen molar-refractivity contribution in [2.45, 2.75) is 12.5 Å². The average Bonchev–Trinajstić information content (AvgIpc) is 2.82. The maximum absolute atomic E-state index is 13.7. The predicted octanol–water partition coefficient (Wildman–Crippen LogP) is 3.68. The number of imide groups is 1. The Bertz CT molecular complexity index is 1000. The first kappa shape index (κ1) is 20.0. The molecule has 6 nitrogen and oxygen atoms in total. The number of anilines is 1. The first-order valence-electron chi connectivity index (χ1n) is 7.96. The van der Waals surface area contributed by atoms with E-state index in [0.29, 0.717) is 15.5 Å². The van der Waals surface area contributed by atoms with Crippen LogP contribution in [0.15, 0.2) is 36.4 Å². The van der Waals surface area contributed by atoms with Crippen LogP contribution in [0.25, 0.3) is 0 Å². The Balaban J connectivity index is 1.80. The summed E-state index contributed by atoms with van der Waals surface area (Å²) >= 11 is 12.0. The average molecular weight is 428 g/mol. The Morgan fingerprint density at radius 3 is 2.57 bits per heavy atom. The van der Waals surface area contributed by atoms with Gasteiger partial charge in [0, 0.05) is 21.7 Å². The van der Waals surface area contributed by atoms with Crippen LogP contribution >= 0.6 is 23.2 Å². The Kier molecular flexibility index (Phi) is 5.27. The topological polar surface area (TPSA) is 78.5 Å². The van der Waals surface area contributed by atoms with E-state index in [4.69, 9.17) is 23.2 Å². The van der Waals surface area contributed by atoms with Crippen LogP contribution in [0.3, 0.4) is 0 Å². The molecule has 0 unspecified atom stereocenters. The summed E-state index contributed by atoms with van der Waals surface area (Å²) in [6.07, 6.45) is 0. The number of urea groups is 1. The highest BCUT2D eigenvalue weighted by atomic mass is 35.5. The zero-order chi connectivity index (χ0) is 20.6. The van der Waals surface area contributed by atoms with Gasteiger partial charge < -0.3 is 10.6 Å². The van der Waals surface area contributed by atoms with Gasteiger partial charge in [-0.05, 0) is 31.2 Å². The zero-order valence-electron chi connectivity index (χ0n) is 14.4. The molecular weight excluding hydrogens is 415 g/mol. The van der Waals surface area contributed by atoms with Crippen molar-refractivity contribution in [1.82, 2.24) is 10.2 Å². The van der Waals surface area contributed by atoms with Gasteiger partial charge in [-0.1, -0.05) is 29.3 Å². The summed E-state index contributed by atoms with van der Waals surface area (Å²) in [5.74, 6) is -3.21. The van der Waals surface area contributed by atoms with Gasteiger partial charge in [0.2, 0.25) is 5.91 Å². The smallest absolute Gasteiger partial charge is 0.322 e. The molecule has 0 saturated carbocycles. The molecule has 0 bridgehead atoms. The Hall–Kier alpha value is -2.71. The van der Waals surface area contributed by atoms with E-state index in [1.807, 2.05) is 0 Å². The van der Waals surface area contributed by atoms with Crippen LogP contribution in [0.4, 0.5) is 19.3 Å². The molecule has 10 heteroatoms. The van der Waals surface area contributed by atoms with Crippen LogP contribution in [-0.4, -0.2) is 29.3 Å². The van der Waals surface area contributed by atoms with Crippen molar-refractivity contribution >= 4 is 46.7 Å². The van der Waals surface area contributed by atoms with Crippen molar-refractivity contribution in [2.24, 2.45) is 0 Å². The fraction of sp³-hybridized carbons (Fsp3) is 0.167. The number of halogens is 4. The summed E-state index contributed by atoms with van der Waals surface area (Å²) in [7, 11) is 0. The lowest BCUT2D eigenvalue weighted by Gasteiger charge is -2.23. The monoisotopic (exact) mass is 427 g/mol. The molecule has 3 rings (SSSR count). The molecule has 0 spiro atoms. The quantitative estimate of drug-likeness (QED) is 0.730. The number of nitrogens with one attached hydrogen (secondary N) is 2. The number of rotatable bonds is 4. The molecule has 28 heavy (non-hydrogen) atoms. The summed E-state index contributed by atoms with van der Waals surface area (Å²) in [5.41, 5.74) is -1.61. The molecule has 2 aromatic rings. The Labute approximate surface area is 168 Å². The van der Waals surface area contributed by atoms with Crippen molar-refractivity contribution in [1.29, 1.82) is 0 Å². The van der Waals surface area contributed by atoms with E-state index in [-0.39, 0.29) is 5.02 Å². The molecule has 1 heterocycles. The van der Waals surface area contributed by atoms with Gasteiger partial charge in [-0.3, -0.25) is 14.5 Å². The molecule has 4 amide bonds. The second-order valence-corrected chi connectivity index (χ2v) is 7.09. The molecule has 1 aliphatic heterocycles. The van der Waals surface area contributed by atoms with Crippen molar-refractivity contribution in [2.75, 3.05) is 11.9 Å². The lowest BCUT2D eigenvalue weighted by atomic mass is 9.92. The molecule has 2 N–H and O–H groups in total. The van der Waals surface area contributed by atoms with Crippen LogP contribution in [0.5, 0.6) is 0 Å². The van der Waals surface area contributed by atoms with Crippen LogP contribution in [0, 0.1) is 11.6 Å². The second kappa shape index (κ2) is 7.37. The summed E-state index contributed by atoms with van der Waals surface area (Å²) in [4.78, 5) is 37.9. The van der Waals surface area contributed by atoms with Gasteiger partial charge in [0.1, 0.15) is 23.7 Å². The third-order valence-electron chi connectivity index (χ3n) is 4.25. The maximum Gasteiger partial charge on any atom is 0.325 e. The van der Waals surface area contributed by atoms with Crippen LogP contribution in [0.1, 0.15) is 12.5 Å². The minimum atomic E-state index is -1.51. The molecule has 1 aliphatic rings. The molecule has 2 aromatic carbocycles. The highest BCUT2D eigenvalue weighted by Crippen LogP contribution is 2.34. The van der Waals surface area contributed by atoms with Gasteiger partial charge >= 0.3 is 6.03 Å². The molecule has 0 aromatic heterocycles. The van der Waals surface area contributed by atoms with Crippen LogP contribution in [-0.2, 0) is 15.1 Å². The van der Waals surface area contributed by atoms with Gasteiger partial charge in [-0.25, -0.2) is 13.6 Å². The largest absolute Gasteiger partial charge is 0.325 e. The number of hydrogen-bond donors (Lipinski definition) is 2. The number of hydrogen-bond acceptors (Lipinski definition) is 3. The second-order valence-electron chi connectivity index (χ2n) is 6.24. The summed E-state index contributed by atoms with van der Waals surface area (Å²) in [6, 6.07) is 6.13. The van der Waals surface area contributed by atoms with Crippen molar-refractivity contribution in [3.8, 4) is 0 Å². The lowest BCUT2D eigenvalue weighted by Crippen LogP contribution is -2.42. The number of carbonyl (C=O) groups excluding carboxylic acids is 3. The minimum absolute atomic E-state index is 0.164. The van der Waals surface area contributed by atoms with Crippen LogP contribution in [0.2, 0.25) is 10.0 Å². The number of nitrogens with zero attached hydrogens (tertiary/aromatic N) is 1. The van der Waals surface area contributed by atoms with Gasteiger partial charge in [0.05, 0.1) is 5.69 Å². The van der Waals surface area contributed by atoms with Gasteiger partial charge in [-0.2, -0.15) is 0 Å². The van der Waals surface area contributed by atoms with E-state index in [2.05, 4.69) is 10.6 Å². The van der Waals surface area contributed by atoms with E-state index in [9.17, 15) is 23.2 Å². The highest BCUT2D eigenvalue weighted by Gasteiger charge is 2.50. The van der Waals surface area contributed by atoms with Crippen molar-refractivity contribution in [3.05, 3.63) is 63.6 Å². The van der Waals surface area contributed by atoms with E-state index in [1.54, 1.807) is 0 Å². The number of amides is 4. The molecular formula is C18H13Cl2F2N3O3. The summed E-state index contributed by atoms with van der Waals surface area (Å²) < 4.78 is 26.9. The lowest BCUT2D eigenvalue weighted by molar-refractivity contribution is -0.133. The van der Waals surface area contributed by atoms with Crippen LogP contribution < -0.4 is 10.6 Å².